The quantitative estimate of drug-likeness (QED) is 0.841. The van der Waals surface area contributed by atoms with Gasteiger partial charge in [0.25, 0.3) is 5.19 Å². The van der Waals surface area contributed by atoms with Crippen molar-refractivity contribution in [1.29, 1.82) is 0 Å². The SMILES string of the molecule is COc1nc(C(O)C2(C)CC2F)cs1. The fourth-order valence-electron chi connectivity index (χ4n) is 1.44. The Hall–Kier alpha value is -0.680. The van der Waals surface area contributed by atoms with E-state index in [1.54, 1.807) is 12.3 Å². The zero-order valence-corrected chi connectivity index (χ0v) is 8.84. The highest BCUT2D eigenvalue weighted by molar-refractivity contribution is 7.11. The lowest BCUT2D eigenvalue weighted by molar-refractivity contribution is 0.0837. The molecule has 1 aromatic heterocycles. The van der Waals surface area contributed by atoms with Crippen molar-refractivity contribution in [1.82, 2.24) is 4.98 Å². The molecule has 0 radical (unpaired) electrons. The smallest absolute Gasteiger partial charge is 0.273 e. The van der Waals surface area contributed by atoms with E-state index in [2.05, 4.69) is 4.98 Å². The predicted molar refractivity (Wildman–Crippen MR) is 51.2 cm³/mol. The molecule has 14 heavy (non-hydrogen) atoms. The molecule has 0 aliphatic heterocycles. The lowest BCUT2D eigenvalue weighted by Gasteiger charge is -2.14. The molecule has 0 spiro atoms. The van der Waals surface area contributed by atoms with E-state index >= 15 is 0 Å². The van der Waals surface area contributed by atoms with Crippen molar-refractivity contribution in [2.75, 3.05) is 7.11 Å². The summed E-state index contributed by atoms with van der Waals surface area (Å²) in [7, 11) is 1.52. The Morgan fingerprint density at radius 2 is 2.50 bits per heavy atom. The van der Waals surface area contributed by atoms with Gasteiger partial charge in [0.15, 0.2) is 0 Å². The number of aromatic nitrogens is 1. The molecule has 0 saturated heterocycles. The average molecular weight is 217 g/mol. The molecule has 5 heteroatoms. The van der Waals surface area contributed by atoms with Crippen LogP contribution in [0.15, 0.2) is 5.38 Å². The number of rotatable bonds is 3. The van der Waals surface area contributed by atoms with Crippen LogP contribution in [0, 0.1) is 5.41 Å². The molecule has 0 amide bonds. The van der Waals surface area contributed by atoms with Crippen LogP contribution in [0.3, 0.4) is 0 Å². The van der Waals surface area contributed by atoms with Gasteiger partial charge in [-0.25, -0.2) is 9.37 Å². The van der Waals surface area contributed by atoms with Crippen molar-refractivity contribution in [2.45, 2.75) is 25.6 Å². The summed E-state index contributed by atoms with van der Waals surface area (Å²) >= 11 is 1.31. The van der Waals surface area contributed by atoms with Crippen molar-refractivity contribution in [3.8, 4) is 5.19 Å². The molecule has 3 nitrogen and oxygen atoms in total. The molecule has 0 aromatic carbocycles. The van der Waals surface area contributed by atoms with Crippen molar-refractivity contribution >= 4 is 11.3 Å². The number of methoxy groups -OCH3 is 1. The van der Waals surface area contributed by atoms with Crippen LogP contribution in [0.1, 0.15) is 25.1 Å². The molecular weight excluding hydrogens is 205 g/mol. The summed E-state index contributed by atoms with van der Waals surface area (Å²) in [6, 6.07) is 0. The molecule has 1 fully saturated rings. The lowest BCUT2D eigenvalue weighted by Crippen LogP contribution is -2.13. The highest BCUT2D eigenvalue weighted by Crippen LogP contribution is 2.56. The Kier molecular flexibility index (Phi) is 2.23. The fourth-order valence-corrected chi connectivity index (χ4v) is 2.09. The van der Waals surface area contributed by atoms with Crippen molar-refractivity contribution in [3.05, 3.63) is 11.1 Å². The average Bonchev–Trinajstić information content (AvgIpc) is 2.67. The van der Waals surface area contributed by atoms with Gasteiger partial charge in [0, 0.05) is 10.8 Å². The number of thiazole rings is 1. The van der Waals surface area contributed by atoms with Crippen molar-refractivity contribution in [3.63, 3.8) is 0 Å². The third-order valence-corrected chi connectivity index (χ3v) is 3.57. The Morgan fingerprint density at radius 3 is 2.93 bits per heavy atom. The topological polar surface area (TPSA) is 42.4 Å². The van der Waals surface area contributed by atoms with Gasteiger partial charge in [-0.3, -0.25) is 0 Å². The first-order chi connectivity index (χ1) is 6.58. The van der Waals surface area contributed by atoms with E-state index in [9.17, 15) is 9.50 Å². The number of halogens is 1. The second-order valence-electron chi connectivity index (χ2n) is 3.82. The molecule has 78 valence electrons. The third kappa shape index (κ3) is 1.40. The van der Waals surface area contributed by atoms with Crippen LogP contribution in [0.2, 0.25) is 0 Å². The summed E-state index contributed by atoms with van der Waals surface area (Å²) in [5.41, 5.74) is -0.131. The summed E-state index contributed by atoms with van der Waals surface area (Å²) in [4.78, 5) is 4.05. The molecule has 3 atom stereocenters. The highest BCUT2D eigenvalue weighted by Gasteiger charge is 2.57. The van der Waals surface area contributed by atoms with Crippen LogP contribution in [-0.4, -0.2) is 23.4 Å². The van der Waals surface area contributed by atoms with Gasteiger partial charge in [0.05, 0.1) is 12.8 Å². The maximum atomic E-state index is 13.0. The lowest BCUT2D eigenvalue weighted by atomic mass is 10.00. The van der Waals surface area contributed by atoms with Crippen LogP contribution in [0.25, 0.3) is 0 Å². The number of ether oxygens (including phenoxy) is 1. The van der Waals surface area contributed by atoms with E-state index in [0.717, 1.165) is 0 Å². The maximum Gasteiger partial charge on any atom is 0.273 e. The van der Waals surface area contributed by atoms with Gasteiger partial charge in [-0.2, -0.15) is 0 Å². The van der Waals surface area contributed by atoms with E-state index in [1.165, 1.54) is 18.4 Å². The normalized spacial score (nSPS) is 32.7. The van der Waals surface area contributed by atoms with Gasteiger partial charge < -0.3 is 9.84 Å². The van der Waals surface area contributed by atoms with E-state index in [1.807, 2.05) is 0 Å². The number of hydrogen-bond donors (Lipinski definition) is 1. The number of aliphatic hydroxyl groups is 1. The fraction of sp³-hybridized carbons (Fsp3) is 0.667. The van der Waals surface area contributed by atoms with E-state index in [-0.39, 0.29) is 0 Å². The standard InChI is InChI=1S/C9H12FNO2S/c1-9(3-6(9)10)7(12)5-4-14-8(11-5)13-2/h4,6-7,12H,3H2,1-2H3. The van der Waals surface area contributed by atoms with Gasteiger partial charge in [-0.1, -0.05) is 18.3 Å². The Bertz CT molecular complexity index is 343. The molecule has 3 unspecified atom stereocenters. The first-order valence-corrected chi connectivity index (χ1v) is 5.27. The first kappa shape index (κ1) is 9.86. The minimum absolute atomic E-state index is 0.411. The maximum absolute atomic E-state index is 13.0. The van der Waals surface area contributed by atoms with E-state index in [4.69, 9.17) is 4.74 Å². The molecule has 1 N–H and O–H groups in total. The molecule has 0 bridgehead atoms. The molecule has 1 saturated carbocycles. The van der Waals surface area contributed by atoms with E-state index in [0.29, 0.717) is 17.3 Å². The van der Waals surface area contributed by atoms with Gasteiger partial charge in [-0.05, 0) is 6.42 Å². The third-order valence-electron chi connectivity index (χ3n) is 2.75. The molecule has 1 aromatic rings. The Labute approximate surface area is 85.5 Å². The van der Waals surface area contributed by atoms with E-state index < -0.39 is 17.7 Å². The number of hydrogen-bond acceptors (Lipinski definition) is 4. The van der Waals surface area contributed by atoms with Crippen molar-refractivity contribution < 1.29 is 14.2 Å². The van der Waals surface area contributed by atoms with Gasteiger partial charge in [0.2, 0.25) is 0 Å². The number of alkyl halides is 1. The minimum Gasteiger partial charge on any atom is -0.473 e. The van der Waals surface area contributed by atoms with Gasteiger partial charge in [0.1, 0.15) is 12.3 Å². The zero-order chi connectivity index (χ0) is 10.3. The summed E-state index contributed by atoms with van der Waals surface area (Å²) in [6.45, 7) is 1.73. The van der Waals surface area contributed by atoms with Crippen LogP contribution < -0.4 is 4.74 Å². The molecule has 1 heterocycles. The summed E-state index contributed by atoms with van der Waals surface area (Å²) in [5.74, 6) is 0. The second kappa shape index (κ2) is 3.17. The monoisotopic (exact) mass is 217 g/mol. The van der Waals surface area contributed by atoms with Crippen LogP contribution in [0.4, 0.5) is 4.39 Å². The second-order valence-corrected chi connectivity index (χ2v) is 4.64. The highest BCUT2D eigenvalue weighted by atomic mass is 32.1. The van der Waals surface area contributed by atoms with Crippen molar-refractivity contribution in [2.24, 2.45) is 5.41 Å². The van der Waals surface area contributed by atoms with Gasteiger partial charge in [-0.15, -0.1) is 0 Å². The summed E-state index contributed by atoms with van der Waals surface area (Å²) in [6.07, 6.45) is -1.32. The van der Waals surface area contributed by atoms with Gasteiger partial charge >= 0.3 is 0 Å². The van der Waals surface area contributed by atoms with Crippen LogP contribution in [0.5, 0.6) is 5.19 Å². The first-order valence-electron chi connectivity index (χ1n) is 4.39. The van der Waals surface area contributed by atoms with Crippen LogP contribution >= 0.6 is 11.3 Å². The minimum atomic E-state index is -0.912. The molecule has 1 aliphatic carbocycles. The summed E-state index contributed by atoms with van der Waals surface area (Å²) in [5, 5.41) is 12.1. The largest absolute Gasteiger partial charge is 0.473 e. The Balaban J connectivity index is 2.15. The number of nitrogens with zero attached hydrogens (tertiary/aromatic N) is 1. The predicted octanol–water partition coefficient (Wildman–Crippen LogP) is 1.93. The zero-order valence-electron chi connectivity index (χ0n) is 8.03. The summed E-state index contributed by atoms with van der Waals surface area (Å²) < 4.78 is 17.9. The molecule has 1 aliphatic rings. The number of aliphatic hydroxyl groups excluding tert-OH is 1. The molecule has 2 rings (SSSR count). The molecular formula is C9H12FNO2S. The van der Waals surface area contributed by atoms with Crippen LogP contribution in [-0.2, 0) is 0 Å². The Morgan fingerprint density at radius 1 is 1.86 bits per heavy atom.